The van der Waals surface area contributed by atoms with Crippen molar-refractivity contribution in [1.82, 2.24) is 0 Å². The van der Waals surface area contributed by atoms with Crippen LogP contribution in [-0.4, -0.2) is 72.8 Å². The van der Waals surface area contributed by atoms with E-state index in [9.17, 15) is 13.2 Å². The van der Waals surface area contributed by atoms with E-state index in [2.05, 4.69) is 312 Å². The van der Waals surface area contributed by atoms with Crippen LogP contribution in [-0.2, 0) is 29.6 Å². The fourth-order valence-corrected chi connectivity index (χ4v) is 17.6. The van der Waals surface area contributed by atoms with Crippen molar-refractivity contribution in [3.63, 3.8) is 0 Å². The summed E-state index contributed by atoms with van der Waals surface area (Å²) in [5.74, 6) is 7.80. The summed E-state index contributed by atoms with van der Waals surface area (Å²) in [4.78, 5) is 19.7. The second-order valence-electron chi connectivity index (χ2n) is 26.0. The van der Waals surface area contributed by atoms with E-state index in [1.807, 2.05) is 27.7 Å². The molecule has 5 heterocycles. The smallest absolute Gasteiger partial charge is 0.485 e. The number of para-hydroxylation sites is 8. The molecule has 0 fully saturated rings. The summed E-state index contributed by atoms with van der Waals surface area (Å²) >= 11 is 0. The molecule has 6 bridgehead atoms. The van der Waals surface area contributed by atoms with Gasteiger partial charge in [-0.2, -0.15) is 26.5 Å². The van der Waals surface area contributed by atoms with Crippen LogP contribution < -0.4 is 39.2 Å². The molecule has 4 atom stereocenters. The van der Waals surface area contributed by atoms with Crippen LogP contribution in [0.25, 0.3) is 0 Å². The van der Waals surface area contributed by atoms with Crippen molar-refractivity contribution in [2.75, 3.05) is 93.6 Å². The molecule has 8 aromatic carbocycles. The largest absolute Gasteiger partial charge is 0.741 e. The van der Waals surface area contributed by atoms with Gasteiger partial charge in [0.2, 0.25) is 0 Å². The number of nitrogens with zero attached hydrogens (tertiary/aromatic N) is 8. The number of benzene rings is 8. The number of hydrogen-bond donors (Lipinski definition) is 0. The van der Waals surface area contributed by atoms with E-state index in [1.54, 1.807) is 22.3 Å². The molecule has 8 aliphatic carbocycles. The molecule has 525 valence electrons. The molecule has 100 heavy (non-hydrogen) atoms. The minimum atomic E-state index is -6.09. The molecule has 0 aromatic heterocycles. The Hall–Kier alpha value is -8.74. The number of allylic oxidation sites excluding steroid dienone is 4. The monoisotopic (exact) mass is 1450 g/mol. The minimum Gasteiger partial charge on any atom is -0.741 e. The molecule has 0 unspecified atom stereocenters. The van der Waals surface area contributed by atoms with E-state index in [0.29, 0.717) is 47.3 Å². The van der Waals surface area contributed by atoms with E-state index >= 15 is 0 Å². The molecule has 0 N–H and O–H groups in total. The maximum atomic E-state index is 10.7. The number of alkyl halides is 3. The second-order valence-corrected chi connectivity index (χ2v) is 27.4. The zero-order valence-corrected chi connectivity index (χ0v) is 61.0. The summed E-state index contributed by atoms with van der Waals surface area (Å²) in [6.07, 6.45) is 18.5. The van der Waals surface area contributed by atoms with E-state index in [0.717, 1.165) is 38.0 Å². The van der Waals surface area contributed by atoms with Gasteiger partial charge >= 0.3 is 5.51 Å². The van der Waals surface area contributed by atoms with Gasteiger partial charge < -0.3 is 58.6 Å². The fraction of sp³-hybridized carbons (Fsp3) is 0.286. The van der Waals surface area contributed by atoms with Crippen LogP contribution in [0.15, 0.2) is 230 Å². The number of hydrogen-bond acceptors (Lipinski definition) is 11. The minimum absolute atomic E-state index is 0. The predicted molar refractivity (Wildman–Crippen MR) is 403 cm³/mol. The Morgan fingerprint density at radius 2 is 0.660 bits per heavy atom. The summed E-state index contributed by atoms with van der Waals surface area (Å²) in [7, 11) is 2.73. The van der Waals surface area contributed by atoms with Gasteiger partial charge in [0, 0.05) is 93.1 Å². The molecule has 21 rings (SSSR count). The SMILES string of the molecule is C#C.C1=CC2C=CC1C2.CC.CC.CN1C2=C3N(C)c4ccccc4N3C[C@@H]3C4c5ccccc5C(c5ccccc54)[C@H]3CN2c2ccccc21.CN1[CH-]N(C[C@@H]2C3c4ccccc4C(c4ccccc43)[C@H]2CN2[CH-]N(C)c3ccccc32)c2ccccc21.O=S(=O)([O-])C(F)(F)F.[CH3-].[CH3-].[Rh]. The van der Waals surface area contributed by atoms with Crippen molar-refractivity contribution >= 4 is 55.6 Å². The predicted octanol–water partition coefficient (Wildman–Crippen LogP) is 18.2. The van der Waals surface area contributed by atoms with E-state index in [-0.39, 0.29) is 34.3 Å². The van der Waals surface area contributed by atoms with E-state index < -0.39 is 15.6 Å². The normalized spacial score (nSPS) is 23.3. The third kappa shape index (κ3) is 12.7. The molecule has 0 saturated heterocycles. The standard InChI is InChI=1S/C34H30N4.C34H32N4.C7H8.2C2H6.C2H2.CHF3O3S.2CH3.Rh/c1-35-27-15-7-9-17-29(27)37-19-25-26(20-38-30-18-10-8-16-28(30)36(2)34(38)33(35)37)32-23-13-5-3-11-21(23)31(25)22-12-4-6-14-24(22)32;1-35-21-37(31-17-9-7-15-29(31)35)19-27-28(20-38-22-36(2)30-16-8-10-18-32(30)38)34-25-13-5-3-11-23(25)33(27)24-12-4-6-14-26(24)34;1-2-7-4-3-6(1)5-7;3*1-2;2-1(3,4)8(5,6)7;;;/h3-18,25-26,31-32H,19-20H2,1-2H3;3-18,21-22,27-28,33-34H,19-20H2,1-2H3;1-4,6-7H,5H2;2*1-2H3;1-2H;(H,5,6,7);2*1H3;/q;-2;;;;;;2*-1;/p-1/t25-,26-,31?,32?;27-,28-,33?,34?;;;;;;;;/m00......../s1. The molecule has 0 spiro atoms. The van der Waals surface area contributed by atoms with E-state index in [4.69, 9.17) is 13.0 Å². The average molecular weight is 1450 g/mol. The Morgan fingerprint density at radius 3 is 0.920 bits per heavy atom. The number of halogens is 3. The third-order valence-electron chi connectivity index (χ3n) is 21.3. The van der Waals surface area contributed by atoms with E-state index in [1.165, 1.54) is 85.8 Å². The number of rotatable bonds is 4. The van der Waals surface area contributed by atoms with Crippen molar-refractivity contribution in [2.45, 2.75) is 63.3 Å². The van der Waals surface area contributed by atoms with Crippen LogP contribution in [0.3, 0.4) is 0 Å². The summed E-state index contributed by atoms with van der Waals surface area (Å²) in [5, 5.41) is 0. The Morgan fingerprint density at radius 1 is 0.420 bits per heavy atom. The summed E-state index contributed by atoms with van der Waals surface area (Å²) < 4.78 is 58.9. The van der Waals surface area contributed by atoms with Gasteiger partial charge in [-0.1, -0.05) is 198 Å². The molecule has 8 aromatic rings. The number of anilines is 8. The van der Waals surface area contributed by atoms with Crippen molar-refractivity contribution in [3.8, 4) is 12.8 Å². The molecular formula is C84H90F3N8O3RhS-5. The Bertz CT molecular complexity index is 4100. The van der Waals surface area contributed by atoms with Gasteiger partial charge in [0.25, 0.3) is 0 Å². The first kappa shape index (κ1) is 74.0. The Balaban J connectivity index is 0.000000165. The second kappa shape index (κ2) is 30.2. The first-order valence-corrected chi connectivity index (χ1v) is 35.4. The topological polar surface area (TPSA) is 83.1 Å². The fourth-order valence-electron chi connectivity index (χ4n) is 17.6. The molecular weight excluding hydrogens is 1360 g/mol. The van der Waals surface area contributed by atoms with Crippen molar-refractivity contribution in [2.24, 2.45) is 35.5 Å². The number of fused-ring (bicyclic) bond motifs is 11. The Labute approximate surface area is 605 Å². The molecule has 0 amide bonds. The van der Waals surface area contributed by atoms with Gasteiger partial charge in [0.1, 0.15) is 0 Å². The van der Waals surface area contributed by atoms with Crippen LogP contribution in [0.2, 0.25) is 0 Å². The third-order valence-corrected chi connectivity index (χ3v) is 21.9. The van der Waals surface area contributed by atoms with Crippen LogP contribution in [0.1, 0.15) is 102 Å². The molecule has 1 radical (unpaired) electrons. The molecule has 16 heteroatoms. The van der Waals surface area contributed by atoms with Crippen LogP contribution in [0.4, 0.5) is 58.7 Å². The van der Waals surface area contributed by atoms with Crippen LogP contribution in [0.5, 0.6) is 0 Å². The van der Waals surface area contributed by atoms with Gasteiger partial charge in [-0.05, 0) is 162 Å². The average Bonchev–Trinajstić information content (AvgIpc) is 1.01. The molecule has 11 nitrogen and oxygen atoms in total. The molecule has 0 saturated carbocycles. The van der Waals surface area contributed by atoms with Gasteiger partial charge in [-0.25, -0.2) is 8.42 Å². The van der Waals surface area contributed by atoms with Crippen LogP contribution in [0, 0.1) is 76.5 Å². The van der Waals surface area contributed by atoms with Crippen molar-refractivity contribution in [3.05, 3.63) is 303 Å². The maximum absolute atomic E-state index is 10.7. The van der Waals surface area contributed by atoms with Crippen molar-refractivity contribution < 1.29 is 45.6 Å². The molecule has 5 aliphatic heterocycles. The first-order chi connectivity index (χ1) is 47.1. The molecule has 13 aliphatic rings. The maximum Gasteiger partial charge on any atom is 0.485 e. The summed E-state index contributed by atoms with van der Waals surface area (Å²) in [5.41, 5.74) is 17.1. The van der Waals surface area contributed by atoms with Gasteiger partial charge in [-0.15, -0.1) is 12.8 Å². The quantitative estimate of drug-likeness (QED) is 0.0422. The summed E-state index contributed by atoms with van der Waals surface area (Å²) in [6, 6.07) is 72.6. The zero-order chi connectivity index (χ0) is 68.2. The van der Waals surface area contributed by atoms with Gasteiger partial charge in [0.05, 0.1) is 22.7 Å². The Kier molecular flexibility index (Phi) is 22.4. The van der Waals surface area contributed by atoms with Crippen LogP contribution >= 0.6 is 0 Å². The van der Waals surface area contributed by atoms with Crippen molar-refractivity contribution in [1.29, 1.82) is 0 Å². The summed E-state index contributed by atoms with van der Waals surface area (Å²) in [6.45, 7) is 16.6. The van der Waals surface area contributed by atoms with Gasteiger partial charge in [-0.3, -0.25) is 0 Å². The number of terminal acetylenes is 1. The first-order valence-electron chi connectivity index (χ1n) is 34.0. The zero-order valence-electron chi connectivity index (χ0n) is 58.6. The van der Waals surface area contributed by atoms with Gasteiger partial charge in [0.15, 0.2) is 21.8 Å².